The molecule has 0 aliphatic carbocycles. The van der Waals surface area contributed by atoms with E-state index in [-0.39, 0.29) is 16.7 Å². The molecule has 0 unspecified atom stereocenters. The van der Waals surface area contributed by atoms with E-state index in [4.69, 9.17) is 11.6 Å². The summed E-state index contributed by atoms with van der Waals surface area (Å²) in [7, 11) is -3.53. The van der Waals surface area contributed by atoms with E-state index in [1.807, 2.05) is 19.1 Å². The number of halogens is 1. The molecule has 1 amide bonds. The molecular formula is C21H24ClN3O3S. The first-order valence-corrected chi connectivity index (χ1v) is 11.3. The van der Waals surface area contributed by atoms with Gasteiger partial charge in [-0.2, -0.15) is 9.41 Å². The number of rotatable bonds is 5. The van der Waals surface area contributed by atoms with Crippen LogP contribution in [0.4, 0.5) is 0 Å². The second-order valence-corrected chi connectivity index (χ2v) is 9.55. The van der Waals surface area contributed by atoms with Gasteiger partial charge in [0.2, 0.25) is 15.9 Å². The summed E-state index contributed by atoms with van der Waals surface area (Å²) in [6, 6.07) is 14.0. The van der Waals surface area contributed by atoms with E-state index < -0.39 is 10.0 Å². The van der Waals surface area contributed by atoms with Gasteiger partial charge in [-0.25, -0.2) is 13.8 Å². The molecule has 3 rings (SSSR count). The van der Waals surface area contributed by atoms with Gasteiger partial charge in [-0.3, -0.25) is 4.79 Å². The fraction of sp³-hybridized carbons (Fsp3) is 0.333. The van der Waals surface area contributed by atoms with Crippen molar-refractivity contribution in [2.45, 2.75) is 31.6 Å². The molecule has 0 bridgehead atoms. The molecule has 1 aliphatic rings. The standard InChI is InChI=1S/C21H24ClN3O3S/c1-15-3-9-20(10-4-15)29(27,28)25-13-11-18(12-14-25)21(26)24-23-16(2)17-5-7-19(22)8-6-17/h3-10,18H,11-14H2,1-2H3,(H,24,26)/b23-16-. The third-order valence-electron chi connectivity index (χ3n) is 5.08. The van der Waals surface area contributed by atoms with Crippen molar-refractivity contribution in [1.29, 1.82) is 0 Å². The predicted octanol–water partition coefficient (Wildman–Crippen LogP) is 3.59. The highest BCUT2D eigenvalue weighted by molar-refractivity contribution is 7.89. The molecule has 1 aliphatic heterocycles. The van der Waals surface area contributed by atoms with Gasteiger partial charge in [0.25, 0.3) is 0 Å². The molecule has 0 radical (unpaired) electrons. The van der Waals surface area contributed by atoms with Crippen molar-refractivity contribution in [3.63, 3.8) is 0 Å². The van der Waals surface area contributed by atoms with Crippen LogP contribution in [0.25, 0.3) is 0 Å². The topological polar surface area (TPSA) is 78.8 Å². The highest BCUT2D eigenvalue weighted by Gasteiger charge is 2.32. The second-order valence-electron chi connectivity index (χ2n) is 7.17. The zero-order chi connectivity index (χ0) is 21.0. The highest BCUT2D eigenvalue weighted by atomic mass is 35.5. The number of carbonyl (C=O) groups is 1. The predicted molar refractivity (Wildman–Crippen MR) is 114 cm³/mol. The quantitative estimate of drug-likeness (QED) is 0.578. The average Bonchev–Trinajstić information content (AvgIpc) is 2.72. The molecule has 0 aromatic heterocycles. The smallest absolute Gasteiger partial charge is 0.243 e. The van der Waals surface area contributed by atoms with E-state index in [1.165, 1.54) is 4.31 Å². The number of nitrogens with one attached hydrogen (secondary N) is 1. The first-order chi connectivity index (χ1) is 13.8. The minimum absolute atomic E-state index is 0.189. The second kappa shape index (κ2) is 9.07. The zero-order valence-corrected chi connectivity index (χ0v) is 18.0. The highest BCUT2D eigenvalue weighted by Crippen LogP contribution is 2.24. The maximum atomic E-state index is 12.8. The Hall–Kier alpha value is -2.22. The third kappa shape index (κ3) is 5.23. The lowest BCUT2D eigenvalue weighted by molar-refractivity contribution is -0.126. The summed E-state index contributed by atoms with van der Waals surface area (Å²) >= 11 is 5.88. The van der Waals surface area contributed by atoms with Gasteiger partial charge in [-0.15, -0.1) is 0 Å². The molecule has 0 spiro atoms. The number of piperidine rings is 1. The summed E-state index contributed by atoms with van der Waals surface area (Å²) < 4.78 is 27.0. The van der Waals surface area contributed by atoms with Crippen LogP contribution in [0.1, 0.15) is 30.9 Å². The zero-order valence-electron chi connectivity index (χ0n) is 16.4. The Labute approximate surface area is 176 Å². The Kier molecular flexibility index (Phi) is 6.72. The summed E-state index contributed by atoms with van der Waals surface area (Å²) in [6.07, 6.45) is 0.929. The normalized spacial score (nSPS) is 16.6. The molecule has 1 saturated heterocycles. The SMILES string of the molecule is C/C(=N/NC(=O)C1CCN(S(=O)(=O)c2ccc(C)cc2)CC1)c1ccc(Cl)cc1. The van der Waals surface area contributed by atoms with Crippen LogP contribution >= 0.6 is 11.6 Å². The first-order valence-electron chi connectivity index (χ1n) is 9.44. The van der Waals surface area contributed by atoms with Crippen LogP contribution in [0, 0.1) is 12.8 Å². The maximum Gasteiger partial charge on any atom is 0.243 e. The molecule has 154 valence electrons. The number of sulfonamides is 1. The van der Waals surface area contributed by atoms with Crippen molar-refractivity contribution in [2.75, 3.05) is 13.1 Å². The molecule has 2 aromatic rings. The Morgan fingerprint density at radius 3 is 2.24 bits per heavy atom. The average molecular weight is 434 g/mol. The van der Waals surface area contributed by atoms with Crippen molar-refractivity contribution >= 4 is 33.2 Å². The van der Waals surface area contributed by atoms with E-state index in [2.05, 4.69) is 10.5 Å². The Balaban J connectivity index is 1.57. The molecule has 6 nitrogen and oxygen atoms in total. The largest absolute Gasteiger partial charge is 0.273 e. The monoisotopic (exact) mass is 433 g/mol. The number of benzene rings is 2. The van der Waals surface area contributed by atoms with E-state index >= 15 is 0 Å². The van der Waals surface area contributed by atoms with Crippen LogP contribution in [-0.4, -0.2) is 37.4 Å². The van der Waals surface area contributed by atoms with Crippen LogP contribution in [0.15, 0.2) is 58.5 Å². The number of hydrogen-bond donors (Lipinski definition) is 1. The van der Waals surface area contributed by atoms with Gasteiger partial charge in [0.15, 0.2) is 0 Å². The minimum Gasteiger partial charge on any atom is -0.273 e. The summed E-state index contributed by atoms with van der Waals surface area (Å²) in [4.78, 5) is 12.7. The molecule has 29 heavy (non-hydrogen) atoms. The lowest BCUT2D eigenvalue weighted by atomic mass is 9.98. The number of hydrogen-bond acceptors (Lipinski definition) is 4. The summed E-state index contributed by atoms with van der Waals surface area (Å²) in [6.45, 7) is 4.35. The molecule has 1 fully saturated rings. The summed E-state index contributed by atoms with van der Waals surface area (Å²) in [5.41, 5.74) is 5.16. The Morgan fingerprint density at radius 2 is 1.66 bits per heavy atom. The lowest BCUT2D eigenvalue weighted by Crippen LogP contribution is -2.42. The van der Waals surface area contributed by atoms with Crippen LogP contribution < -0.4 is 5.43 Å². The molecule has 0 atom stereocenters. The fourth-order valence-electron chi connectivity index (χ4n) is 3.20. The number of aryl methyl sites for hydroxylation is 1. The number of nitrogens with zero attached hydrogens (tertiary/aromatic N) is 2. The molecule has 1 N–H and O–H groups in total. The van der Waals surface area contributed by atoms with E-state index in [0.717, 1.165) is 11.1 Å². The molecule has 2 aromatic carbocycles. The minimum atomic E-state index is -3.53. The van der Waals surface area contributed by atoms with Crippen LogP contribution in [0.3, 0.4) is 0 Å². The number of hydrazone groups is 1. The molecule has 8 heteroatoms. The van der Waals surface area contributed by atoms with Crippen LogP contribution in [0.5, 0.6) is 0 Å². The van der Waals surface area contributed by atoms with Gasteiger partial charge < -0.3 is 0 Å². The molecular weight excluding hydrogens is 410 g/mol. The fourth-order valence-corrected chi connectivity index (χ4v) is 4.80. The van der Waals surface area contributed by atoms with Gasteiger partial charge in [-0.1, -0.05) is 41.4 Å². The van der Waals surface area contributed by atoms with E-state index in [0.29, 0.717) is 36.7 Å². The van der Waals surface area contributed by atoms with Crippen molar-refractivity contribution in [2.24, 2.45) is 11.0 Å². The molecule has 1 heterocycles. The lowest BCUT2D eigenvalue weighted by Gasteiger charge is -2.30. The Bertz CT molecular complexity index is 994. The van der Waals surface area contributed by atoms with Crippen molar-refractivity contribution in [3.8, 4) is 0 Å². The number of amides is 1. The van der Waals surface area contributed by atoms with Gasteiger partial charge in [-0.05, 0) is 56.5 Å². The van der Waals surface area contributed by atoms with Crippen LogP contribution in [0.2, 0.25) is 5.02 Å². The summed E-state index contributed by atoms with van der Waals surface area (Å²) in [5.74, 6) is -0.452. The van der Waals surface area contributed by atoms with Gasteiger partial charge in [0, 0.05) is 24.0 Å². The van der Waals surface area contributed by atoms with Crippen molar-refractivity contribution < 1.29 is 13.2 Å². The third-order valence-corrected chi connectivity index (χ3v) is 7.24. The van der Waals surface area contributed by atoms with Crippen molar-refractivity contribution in [1.82, 2.24) is 9.73 Å². The van der Waals surface area contributed by atoms with Gasteiger partial charge >= 0.3 is 0 Å². The van der Waals surface area contributed by atoms with E-state index in [9.17, 15) is 13.2 Å². The van der Waals surface area contributed by atoms with Crippen LogP contribution in [-0.2, 0) is 14.8 Å². The van der Waals surface area contributed by atoms with Gasteiger partial charge in [0.05, 0.1) is 10.6 Å². The van der Waals surface area contributed by atoms with E-state index in [1.54, 1.807) is 43.3 Å². The summed E-state index contributed by atoms with van der Waals surface area (Å²) in [5, 5.41) is 4.80. The Morgan fingerprint density at radius 1 is 1.07 bits per heavy atom. The molecule has 0 saturated carbocycles. The van der Waals surface area contributed by atoms with Crippen molar-refractivity contribution in [3.05, 3.63) is 64.7 Å². The number of carbonyl (C=O) groups excluding carboxylic acids is 1. The maximum absolute atomic E-state index is 12.8. The van der Waals surface area contributed by atoms with Gasteiger partial charge in [0.1, 0.15) is 0 Å². The first kappa shape index (κ1) is 21.5.